The Morgan fingerprint density at radius 1 is 1.60 bits per heavy atom. The molecule has 2 heterocycles. The van der Waals surface area contributed by atoms with E-state index in [0.717, 1.165) is 10.9 Å². The van der Waals surface area contributed by atoms with Crippen LogP contribution in [0.4, 0.5) is 0 Å². The second-order valence-electron chi connectivity index (χ2n) is 4.12. The van der Waals surface area contributed by atoms with Crippen LogP contribution in [0.3, 0.4) is 0 Å². The van der Waals surface area contributed by atoms with Gasteiger partial charge in [0.1, 0.15) is 5.15 Å². The Morgan fingerprint density at radius 3 is 3.10 bits per heavy atom. The van der Waals surface area contributed by atoms with Crippen LogP contribution in [0.2, 0.25) is 5.15 Å². The number of nitrogens with zero attached hydrogens (tertiary/aromatic N) is 3. The summed E-state index contributed by atoms with van der Waals surface area (Å²) in [6, 6.07) is 1.71. The smallest absolute Gasteiger partial charge is 0.243 e. The molecule has 0 aliphatic carbocycles. The summed E-state index contributed by atoms with van der Waals surface area (Å²) in [5, 5.41) is 13.8. The number of carbonyl (C=O) groups is 1. The van der Waals surface area contributed by atoms with Gasteiger partial charge in [0.25, 0.3) is 0 Å². The first kappa shape index (κ1) is 14.5. The second kappa shape index (κ2) is 6.53. The molecule has 108 valence electrons. The lowest BCUT2D eigenvalue weighted by atomic mass is 10.3. The number of rotatable bonds is 6. The average molecular weight is 299 g/mol. The van der Waals surface area contributed by atoms with E-state index in [9.17, 15) is 4.79 Å². The highest BCUT2D eigenvalue weighted by atomic mass is 35.5. The van der Waals surface area contributed by atoms with Crippen molar-refractivity contribution in [2.24, 2.45) is 0 Å². The Hall–Kier alpha value is -1.86. The van der Waals surface area contributed by atoms with E-state index in [1.54, 1.807) is 22.4 Å². The lowest BCUT2D eigenvalue weighted by Gasteiger charge is -2.06. The van der Waals surface area contributed by atoms with Crippen LogP contribution in [-0.4, -0.2) is 32.5 Å². The molecule has 20 heavy (non-hydrogen) atoms. The van der Waals surface area contributed by atoms with E-state index in [2.05, 4.69) is 10.1 Å². The fourth-order valence-electron chi connectivity index (χ4n) is 1.88. The van der Waals surface area contributed by atoms with Crippen LogP contribution in [0.25, 0.3) is 10.9 Å². The minimum atomic E-state index is -0.420. The van der Waals surface area contributed by atoms with E-state index < -0.39 is 5.91 Å². The van der Waals surface area contributed by atoms with Gasteiger partial charge in [0, 0.05) is 19.0 Å². The number of fused-ring (bicyclic) bond motifs is 1. The summed E-state index contributed by atoms with van der Waals surface area (Å²) in [7, 11) is 0. The number of hydrogen-bond acceptors (Lipinski definition) is 5. The Morgan fingerprint density at radius 2 is 2.40 bits per heavy atom. The Bertz CT molecular complexity index is 614. The highest BCUT2D eigenvalue weighted by molar-refractivity contribution is 6.30. The molecule has 0 aliphatic heterocycles. The minimum absolute atomic E-state index is 0.217. The van der Waals surface area contributed by atoms with Crippen molar-refractivity contribution in [3.8, 4) is 5.88 Å². The van der Waals surface area contributed by atoms with E-state index in [1.807, 2.05) is 6.92 Å². The van der Waals surface area contributed by atoms with Gasteiger partial charge in [0.05, 0.1) is 23.7 Å². The summed E-state index contributed by atoms with van der Waals surface area (Å²) in [6.07, 6.45) is 2.43. The van der Waals surface area contributed by atoms with Gasteiger partial charge in [-0.15, -0.1) is 0 Å². The number of ether oxygens (including phenoxy) is 1. The van der Waals surface area contributed by atoms with Gasteiger partial charge < -0.3 is 4.74 Å². The van der Waals surface area contributed by atoms with Crippen LogP contribution in [0.1, 0.15) is 19.8 Å². The summed E-state index contributed by atoms with van der Waals surface area (Å²) in [4.78, 5) is 15.1. The lowest BCUT2D eigenvalue weighted by Crippen LogP contribution is -2.18. The number of nitrogens with one attached hydrogen (secondary N) is 1. The summed E-state index contributed by atoms with van der Waals surface area (Å²) in [5.74, 6) is 0.0329. The quantitative estimate of drug-likeness (QED) is 0.482. The van der Waals surface area contributed by atoms with E-state index in [-0.39, 0.29) is 6.42 Å². The maximum atomic E-state index is 11.0. The fraction of sp³-hybridized carbons (Fsp3) is 0.417. The first-order valence-corrected chi connectivity index (χ1v) is 6.61. The number of carbonyl (C=O) groups excluding carboxylic acids is 1. The van der Waals surface area contributed by atoms with E-state index >= 15 is 0 Å². The zero-order valence-electron chi connectivity index (χ0n) is 11.0. The number of amides is 1. The average Bonchev–Trinajstić information content (AvgIpc) is 2.82. The van der Waals surface area contributed by atoms with Crippen LogP contribution < -0.4 is 10.2 Å². The van der Waals surface area contributed by atoms with Gasteiger partial charge in [0.15, 0.2) is 0 Å². The van der Waals surface area contributed by atoms with Gasteiger partial charge in [-0.25, -0.2) is 10.5 Å². The van der Waals surface area contributed by atoms with Crippen molar-refractivity contribution in [1.82, 2.24) is 20.2 Å². The van der Waals surface area contributed by atoms with Gasteiger partial charge in [-0.1, -0.05) is 11.6 Å². The molecular formula is C12H15ClN4O3. The number of aryl methyl sites for hydroxylation is 1. The highest BCUT2D eigenvalue weighted by Gasteiger charge is 2.11. The molecule has 0 fully saturated rings. The van der Waals surface area contributed by atoms with Crippen molar-refractivity contribution in [2.45, 2.75) is 26.3 Å². The Labute approximate surface area is 120 Å². The monoisotopic (exact) mass is 298 g/mol. The first-order chi connectivity index (χ1) is 9.65. The molecule has 8 heteroatoms. The normalized spacial score (nSPS) is 10.8. The lowest BCUT2D eigenvalue weighted by molar-refractivity contribution is -0.129. The highest BCUT2D eigenvalue weighted by Crippen LogP contribution is 2.26. The largest absolute Gasteiger partial charge is 0.477 e. The molecule has 0 saturated heterocycles. The Balaban J connectivity index is 2.20. The number of aromatic nitrogens is 3. The van der Waals surface area contributed by atoms with Crippen LogP contribution in [0.5, 0.6) is 5.88 Å². The molecule has 0 aliphatic rings. The number of halogens is 1. The number of hydrogen-bond donors (Lipinski definition) is 2. The maximum Gasteiger partial charge on any atom is 0.243 e. The van der Waals surface area contributed by atoms with Crippen LogP contribution in [0, 0.1) is 0 Å². The van der Waals surface area contributed by atoms with Crippen LogP contribution >= 0.6 is 11.6 Å². The molecule has 2 rings (SSSR count). The van der Waals surface area contributed by atoms with Gasteiger partial charge in [-0.2, -0.15) is 5.10 Å². The zero-order valence-corrected chi connectivity index (χ0v) is 11.7. The van der Waals surface area contributed by atoms with Gasteiger partial charge in [0.2, 0.25) is 11.8 Å². The second-order valence-corrected chi connectivity index (χ2v) is 4.51. The van der Waals surface area contributed by atoms with Crippen molar-refractivity contribution in [2.75, 3.05) is 6.61 Å². The molecule has 0 saturated carbocycles. The molecule has 0 bridgehead atoms. The molecule has 0 unspecified atom stereocenters. The van der Waals surface area contributed by atoms with Crippen molar-refractivity contribution in [3.05, 3.63) is 17.4 Å². The third-order valence-electron chi connectivity index (χ3n) is 2.75. The maximum absolute atomic E-state index is 11.0. The van der Waals surface area contributed by atoms with Crippen LogP contribution in [-0.2, 0) is 11.3 Å². The van der Waals surface area contributed by atoms with Crippen molar-refractivity contribution < 1.29 is 14.7 Å². The predicted octanol–water partition coefficient (Wildman–Crippen LogP) is 1.77. The topological polar surface area (TPSA) is 89.3 Å². The molecular weight excluding hydrogens is 284 g/mol. The molecule has 0 radical (unpaired) electrons. The molecule has 0 spiro atoms. The van der Waals surface area contributed by atoms with Crippen molar-refractivity contribution in [3.63, 3.8) is 0 Å². The van der Waals surface area contributed by atoms with E-state index in [0.29, 0.717) is 30.6 Å². The molecule has 2 aromatic heterocycles. The fourth-order valence-corrected chi connectivity index (χ4v) is 2.06. The Kier molecular flexibility index (Phi) is 4.75. The minimum Gasteiger partial charge on any atom is -0.477 e. The SMILES string of the molecule is CCOc1nc(Cl)cc2c1cnn2CCCC(=O)NO. The molecule has 2 aromatic rings. The van der Waals surface area contributed by atoms with Gasteiger partial charge in [-0.05, 0) is 13.3 Å². The van der Waals surface area contributed by atoms with Gasteiger partial charge in [-0.3, -0.25) is 14.7 Å². The van der Waals surface area contributed by atoms with Crippen molar-refractivity contribution >= 4 is 28.4 Å². The van der Waals surface area contributed by atoms with E-state index in [4.69, 9.17) is 21.5 Å². The zero-order chi connectivity index (χ0) is 14.5. The van der Waals surface area contributed by atoms with E-state index in [1.165, 1.54) is 0 Å². The third-order valence-corrected chi connectivity index (χ3v) is 2.95. The predicted molar refractivity (Wildman–Crippen MR) is 72.9 cm³/mol. The molecule has 0 aromatic carbocycles. The summed E-state index contributed by atoms with van der Waals surface area (Å²) < 4.78 is 7.16. The molecule has 0 atom stereocenters. The molecule has 2 N–H and O–H groups in total. The summed E-state index contributed by atoms with van der Waals surface area (Å²) >= 11 is 5.97. The third kappa shape index (κ3) is 3.17. The summed E-state index contributed by atoms with van der Waals surface area (Å²) in [5.41, 5.74) is 2.40. The van der Waals surface area contributed by atoms with Crippen LogP contribution in [0.15, 0.2) is 12.3 Å². The standard InChI is InChI=1S/C12H15ClN4O3/c1-2-20-12-8-7-14-17(5-3-4-11(18)16-19)9(8)6-10(13)15-12/h6-7,19H,2-5H2,1H3,(H,16,18). The number of hydroxylamine groups is 1. The molecule has 7 nitrogen and oxygen atoms in total. The number of pyridine rings is 1. The first-order valence-electron chi connectivity index (χ1n) is 6.23. The summed E-state index contributed by atoms with van der Waals surface area (Å²) in [6.45, 7) is 2.89. The van der Waals surface area contributed by atoms with Gasteiger partial charge >= 0.3 is 0 Å². The van der Waals surface area contributed by atoms with Crippen molar-refractivity contribution in [1.29, 1.82) is 0 Å². The molecule has 1 amide bonds.